The van der Waals surface area contributed by atoms with E-state index in [-0.39, 0.29) is 16.2 Å². The molecule has 0 saturated carbocycles. The molecule has 0 aromatic heterocycles. The highest BCUT2D eigenvalue weighted by Gasteiger charge is 2.22. The van der Waals surface area contributed by atoms with E-state index in [1.165, 1.54) is 19.1 Å². The molecule has 1 heterocycles. The van der Waals surface area contributed by atoms with E-state index in [1.807, 2.05) is 0 Å². The molecule has 1 aromatic rings. The zero-order valence-corrected chi connectivity index (χ0v) is 12.7. The monoisotopic (exact) mass is 313 g/mol. The average molecular weight is 313 g/mol. The minimum absolute atomic E-state index is 0.0122. The first-order valence-electron chi connectivity index (χ1n) is 6.94. The third kappa shape index (κ3) is 4.03. The van der Waals surface area contributed by atoms with Crippen LogP contribution in [0.1, 0.15) is 36.5 Å². The summed E-state index contributed by atoms with van der Waals surface area (Å²) in [6.07, 6.45) is 2.18. The number of rotatable bonds is 5. The summed E-state index contributed by atoms with van der Waals surface area (Å²) in [6.45, 7) is 2.14. The molecule has 0 aliphatic carbocycles. The number of nitrogens with one attached hydrogen (secondary N) is 1. The summed E-state index contributed by atoms with van der Waals surface area (Å²) in [5.41, 5.74) is 2.36. The van der Waals surface area contributed by atoms with Gasteiger partial charge < -0.3 is 4.74 Å². The summed E-state index contributed by atoms with van der Waals surface area (Å²) < 4.78 is 29.3. The quantitative estimate of drug-likeness (QED) is 0.836. The molecule has 6 nitrogen and oxygen atoms in total. The summed E-state index contributed by atoms with van der Waals surface area (Å²) in [6, 6.07) is 6.08. The molecular formula is C14H19NO5S. The van der Waals surface area contributed by atoms with Crippen LogP contribution in [0.25, 0.3) is 0 Å². The van der Waals surface area contributed by atoms with E-state index in [0.29, 0.717) is 13.0 Å². The standard InChI is InChI=1S/C14H19NO5S/c1-2-21(17,18)12-8-4-3-7-11(12)14(16)15-20-13-9-5-6-10-19-13/h3-4,7-8,13H,2,5-6,9-10H2,1H3,(H,15,16). The normalized spacial score (nSPS) is 19.2. The van der Waals surface area contributed by atoms with E-state index in [9.17, 15) is 13.2 Å². The summed E-state index contributed by atoms with van der Waals surface area (Å²) >= 11 is 0. The Labute approximate surface area is 124 Å². The van der Waals surface area contributed by atoms with Crippen LogP contribution in [-0.2, 0) is 19.4 Å². The van der Waals surface area contributed by atoms with E-state index in [4.69, 9.17) is 9.57 Å². The Morgan fingerprint density at radius 2 is 2.14 bits per heavy atom. The van der Waals surface area contributed by atoms with Gasteiger partial charge in [-0.15, -0.1) is 0 Å². The van der Waals surface area contributed by atoms with E-state index in [0.717, 1.165) is 12.8 Å². The van der Waals surface area contributed by atoms with Gasteiger partial charge in [-0.2, -0.15) is 0 Å². The molecule has 1 atom stereocenters. The zero-order chi connectivity index (χ0) is 15.3. The molecule has 0 bridgehead atoms. The smallest absolute Gasteiger partial charge is 0.276 e. The summed E-state index contributed by atoms with van der Waals surface area (Å²) in [7, 11) is -3.46. The topological polar surface area (TPSA) is 81.7 Å². The number of hydrogen-bond acceptors (Lipinski definition) is 5. The van der Waals surface area contributed by atoms with Gasteiger partial charge in [0.1, 0.15) is 0 Å². The van der Waals surface area contributed by atoms with Gasteiger partial charge in [-0.25, -0.2) is 18.7 Å². The third-order valence-electron chi connectivity index (χ3n) is 3.27. The minimum Gasteiger partial charge on any atom is -0.350 e. The van der Waals surface area contributed by atoms with Crippen LogP contribution in [0.5, 0.6) is 0 Å². The second kappa shape index (κ2) is 7.02. The van der Waals surface area contributed by atoms with Crippen molar-refractivity contribution in [3.8, 4) is 0 Å². The number of benzene rings is 1. The number of sulfone groups is 1. The number of hydroxylamine groups is 1. The van der Waals surface area contributed by atoms with Crippen LogP contribution in [-0.4, -0.2) is 33.0 Å². The Balaban J connectivity index is 2.09. The largest absolute Gasteiger partial charge is 0.350 e. The van der Waals surface area contributed by atoms with Gasteiger partial charge in [-0.3, -0.25) is 4.79 Å². The predicted molar refractivity (Wildman–Crippen MR) is 76.3 cm³/mol. The van der Waals surface area contributed by atoms with Crippen molar-refractivity contribution in [1.82, 2.24) is 5.48 Å². The number of amides is 1. The Morgan fingerprint density at radius 1 is 1.38 bits per heavy atom. The summed E-state index contributed by atoms with van der Waals surface area (Å²) in [5.74, 6) is -0.652. The zero-order valence-electron chi connectivity index (χ0n) is 11.9. The number of carbonyl (C=O) groups is 1. The molecule has 2 rings (SSSR count). The minimum atomic E-state index is -3.46. The van der Waals surface area contributed by atoms with Crippen molar-refractivity contribution in [2.75, 3.05) is 12.4 Å². The van der Waals surface area contributed by atoms with Crippen LogP contribution in [0.4, 0.5) is 0 Å². The van der Waals surface area contributed by atoms with Crippen LogP contribution < -0.4 is 5.48 Å². The molecule has 1 fully saturated rings. The molecule has 1 aliphatic rings. The molecule has 21 heavy (non-hydrogen) atoms. The fourth-order valence-electron chi connectivity index (χ4n) is 2.06. The van der Waals surface area contributed by atoms with Gasteiger partial charge in [0.05, 0.1) is 16.2 Å². The number of ether oxygens (including phenoxy) is 1. The maximum absolute atomic E-state index is 12.1. The van der Waals surface area contributed by atoms with Gasteiger partial charge in [0, 0.05) is 13.0 Å². The van der Waals surface area contributed by atoms with E-state index >= 15 is 0 Å². The number of carbonyl (C=O) groups excluding carboxylic acids is 1. The van der Waals surface area contributed by atoms with Crippen molar-refractivity contribution in [1.29, 1.82) is 0 Å². The van der Waals surface area contributed by atoms with Crippen LogP contribution in [0.3, 0.4) is 0 Å². The van der Waals surface area contributed by atoms with Crippen molar-refractivity contribution >= 4 is 15.7 Å². The van der Waals surface area contributed by atoms with E-state index in [1.54, 1.807) is 12.1 Å². The highest BCUT2D eigenvalue weighted by molar-refractivity contribution is 7.91. The molecule has 0 radical (unpaired) electrons. The highest BCUT2D eigenvalue weighted by atomic mass is 32.2. The van der Waals surface area contributed by atoms with E-state index < -0.39 is 22.0 Å². The first kappa shape index (κ1) is 15.9. The molecule has 116 valence electrons. The van der Waals surface area contributed by atoms with Crippen molar-refractivity contribution < 1.29 is 22.8 Å². The van der Waals surface area contributed by atoms with Gasteiger partial charge >= 0.3 is 0 Å². The second-order valence-electron chi connectivity index (χ2n) is 4.74. The first-order valence-corrected chi connectivity index (χ1v) is 8.59. The SMILES string of the molecule is CCS(=O)(=O)c1ccccc1C(=O)NOC1CCCCO1. The summed E-state index contributed by atoms with van der Waals surface area (Å²) in [5, 5.41) is 0. The molecule has 1 saturated heterocycles. The predicted octanol–water partition coefficient (Wildman–Crippen LogP) is 1.67. The second-order valence-corrected chi connectivity index (χ2v) is 6.99. The molecule has 1 unspecified atom stereocenters. The lowest BCUT2D eigenvalue weighted by Gasteiger charge is -2.22. The molecule has 1 amide bonds. The third-order valence-corrected chi connectivity index (χ3v) is 5.05. The Morgan fingerprint density at radius 3 is 2.81 bits per heavy atom. The fraction of sp³-hybridized carbons (Fsp3) is 0.500. The maximum Gasteiger partial charge on any atom is 0.276 e. The van der Waals surface area contributed by atoms with Crippen molar-refractivity contribution in [2.24, 2.45) is 0 Å². The molecule has 1 N–H and O–H groups in total. The Bertz CT molecular complexity index is 593. The lowest BCUT2D eigenvalue weighted by Crippen LogP contribution is -2.33. The average Bonchev–Trinajstić information content (AvgIpc) is 2.53. The van der Waals surface area contributed by atoms with Crippen molar-refractivity contribution in [3.05, 3.63) is 29.8 Å². The fourth-order valence-corrected chi connectivity index (χ4v) is 3.15. The van der Waals surface area contributed by atoms with Crippen LogP contribution in [0, 0.1) is 0 Å². The molecule has 1 aliphatic heterocycles. The van der Waals surface area contributed by atoms with Crippen molar-refractivity contribution in [3.63, 3.8) is 0 Å². The molecule has 1 aromatic carbocycles. The highest BCUT2D eigenvalue weighted by Crippen LogP contribution is 2.17. The van der Waals surface area contributed by atoms with Gasteiger partial charge in [0.15, 0.2) is 16.1 Å². The van der Waals surface area contributed by atoms with Gasteiger partial charge in [-0.1, -0.05) is 19.1 Å². The first-order chi connectivity index (χ1) is 10.0. The van der Waals surface area contributed by atoms with Crippen LogP contribution >= 0.6 is 0 Å². The van der Waals surface area contributed by atoms with Gasteiger partial charge in [0.25, 0.3) is 5.91 Å². The summed E-state index contributed by atoms with van der Waals surface area (Å²) in [4.78, 5) is 17.3. The lowest BCUT2D eigenvalue weighted by atomic mass is 10.2. The van der Waals surface area contributed by atoms with Gasteiger partial charge in [-0.05, 0) is 25.0 Å². The molecular weight excluding hydrogens is 294 g/mol. The lowest BCUT2D eigenvalue weighted by molar-refractivity contribution is -0.186. The van der Waals surface area contributed by atoms with E-state index in [2.05, 4.69) is 5.48 Å². The van der Waals surface area contributed by atoms with Crippen LogP contribution in [0.15, 0.2) is 29.2 Å². The van der Waals surface area contributed by atoms with Crippen LogP contribution in [0.2, 0.25) is 0 Å². The van der Waals surface area contributed by atoms with Crippen molar-refractivity contribution in [2.45, 2.75) is 37.4 Å². The van der Waals surface area contributed by atoms with Gasteiger partial charge in [0.2, 0.25) is 0 Å². The number of hydrogen-bond donors (Lipinski definition) is 1. The molecule has 7 heteroatoms. The Hall–Kier alpha value is -1.44. The Kier molecular flexibility index (Phi) is 5.33. The molecule has 0 spiro atoms. The maximum atomic E-state index is 12.1.